The van der Waals surface area contributed by atoms with Crippen LogP contribution in [0.5, 0.6) is 0 Å². The van der Waals surface area contributed by atoms with Crippen LogP contribution in [0.3, 0.4) is 0 Å². The number of aliphatic hydroxyl groups excluding tert-OH is 1. The Balaban J connectivity index is 1.69. The SMILES string of the molecule is CC1CCN(C(=O)c2cc3c(cn2)c(Nc2ccc(F)cn2)nn3CC(F)(F)F)CC1O. The number of β-amino-alcohol motifs (C(OH)–C–C–N with tert-alkyl or cyclic N) is 1. The number of nitrogens with one attached hydrogen (secondary N) is 1. The second-order valence-electron chi connectivity index (χ2n) is 7.78. The van der Waals surface area contributed by atoms with Gasteiger partial charge in [0.15, 0.2) is 5.82 Å². The number of halogens is 4. The van der Waals surface area contributed by atoms with Crippen molar-refractivity contribution in [2.45, 2.75) is 32.2 Å². The van der Waals surface area contributed by atoms with E-state index in [1.165, 1.54) is 23.2 Å². The Morgan fingerprint density at radius 3 is 2.72 bits per heavy atom. The van der Waals surface area contributed by atoms with E-state index in [0.29, 0.717) is 13.0 Å². The van der Waals surface area contributed by atoms with Crippen molar-refractivity contribution in [3.8, 4) is 0 Å². The normalized spacial score (nSPS) is 19.4. The summed E-state index contributed by atoms with van der Waals surface area (Å²) in [5.41, 5.74) is 0.00486. The molecule has 0 aromatic carbocycles. The van der Waals surface area contributed by atoms with Gasteiger partial charge in [0.1, 0.15) is 23.9 Å². The van der Waals surface area contributed by atoms with E-state index in [1.54, 1.807) is 0 Å². The third kappa shape index (κ3) is 4.64. The first-order chi connectivity index (χ1) is 15.1. The van der Waals surface area contributed by atoms with Gasteiger partial charge in [-0.25, -0.2) is 9.37 Å². The molecule has 3 aromatic rings. The number of nitrogens with zero attached hydrogens (tertiary/aromatic N) is 5. The van der Waals surface area contributed by atoms with E-state index < -0.39 is 30.5 Å². The van der Waals surface area contributed by atoms with Crippen LogP contribution in [-0.4, -0.2) is 61.0 Å². The number of carbonyl (C=O) groups is 1. The number of aliphatic hydroxyl groups is 1. The van der Waals surface area contributed by atoms with Gasteiger partial charge in [0.05, 0.1) is 23.2 Å². The van der Waals surface area contributed by atoms with Gasteiger partial charge in [0.2, 0.25) is 0 Å². The van der Waals surface area contributed by atoms with E-state index in [2.05, 4.69) is 20.4 Å². The monoisotopic (exact) mass is 452 g/mol. The number of amides is 1. The van der Waals surface area contributed by atoms with Gasteiger partial charge in [0.25, 0.3) is 5.91 Å². The summed E-state index contributed by atoms with van der Waals surface area (Å²) in [7, 11) is 0. The summed E-state index contributed by atoms with van der Waals surface area (Å²) < 4.78 is 53.2. The largest absolute Gasteiger partial charge is 0.408 e. The van der Waals surface area contributed by atoms with Crippen molar-refractivity contribution < 1.29 is 27.5 Å². The van der Waals surface area contributed by atoms with Crippen LogP contribution in [0.2, 0.25) is 0 Å². The Kier molecular flexibility index (Phi) is 5.71. The van der Waals surface area contributed by atoms with Gasteiger partial charge < -0.3 is 15.3 Å². The molecule has 32 heavy (non-hydrogen) atoms. The highest BCUT2D eigenvalue weighted by atomic mass is 19.4. The van der Waals surface area contributed by atoms with Gasteiger partial charge in [-0.1, -0.05) is 6.92 Å². The molecule has 0 radical (unpaired) electrons. The number of rotatable bonds is 4. The number of hydrogen-bond acceptors (Lipinski definition) is 6. The number of hydrogen-bond donors (Lipinski definition) is 2. The number of alkyl halides is 3. The Labute approximate surface area is 179 Å². The number of anilines is 2. The number of carbonyl (C=O) groups excluding carboxylic acids is 1. The molecule has 0 bridgehead atoms. The topological polar surface area (TPSA) is 96.2 Å². The Hall–Kier alpha value is -3.28. The first-order valence-electron chi connectivity index (χ1n) is 9.90. The highest BCUT2D eigenvalue weighted by Gasteiger charge is 2.32. The van der Waals surface area contributed by atoms with Crippen molar-refractivity contribution in [2.75, 3.05) is 18.4 Å². The molecule has 2 unspecified atom stereocenters. The van der Waals surface area contributed by atoms with E-state index in [0.717, 1.165) is 16.9 Å². The Bertz CT molecular complexity index is 1130. The molecule has 170 valence electrons. The fraction of sp³-hybridized carbons (Fsp3) is 0.400. The molecule has 4 rings (SSSR count). The predicted octanol–water partition coefficient (Wildman–Crippen LogP) is 3.11. The fourth-order valence-corrected chi connectivity index (χ4v) is 3.54. The standard InChI is InChI=1S/C20H20F4N6O2/c1-11-4-5-29(9-16(11)31)19(32)14-6-15-13(8-25-14)18(28-30(15)10-20(22,23)24)27-17-3-2-12(21)7-26-17/h2-3,6-8,11,16,31H,4-5,9-10H2,1H3,(H,26,27,28). The lowest BCUT2D eigenvalue weighted by Gasteiger charge is -2.34. The third-order valence-electron chi connectivity index (χ3n) is 5.36. The second kappa shape index (κ2) is 8.34. The summed E-state index contributed by atoms with van der Waals surface area (Å²) in [6, 6.07) is 3.72. The van der Waals surface area contributed by atoms with Crippen molar-refractivity contribution in [1.29, 1.82) is 0 Å². The van der Waals surface area contributed by atoms with E-state index in [4.69, 9.17) is 0 Å². The van der Waals surface area contributed by atoms with Crippen LogP contribution >= 0.6 is 0 Å². The molecule has 1 aliphatic heterocycles. The van der Waals surface area contributed by atoms with Crippen LogP contribution in [-0.2, 0) is 6.54 Å². The highest BCUT2D eigenvalue weighted by Crippen LogP contribution is 2.29. The molecule has 1 fully saturated rings. The van der Waals surface area contributed by atoms with Crippen molar-refractivity contribution in [2.24, 2.45) is 5.92 Å². The van der Waals surface area contributed by atoms with Crippen molar-refractivity contribution >= 4 is 28.4 Å². The maximum Gasteiger partial charge on any atom is 0.408 e. The minimum Gasteiger partial charge on any atom is -0.391 e. The van der Waals surface area contributed by atoms with E-state index in [1.807, 2.05) is 6.92 Å². The summed E-state index contributed by atoms with van der Waals surface area (Å²) >= 11 is 0. The Morgan fingerprint density at radius 2 is 2.06 bits per heavy atom. The summed E-state index contributed by atoms with van der Waals surface area (Å²) in [5.74, 6) is -0.771. The predicted molar refractivity (Wildman–Crippen MR) is 107 cm³/mol. The molecule has 0 spiro atoms. The number of pyridine rings is 2. The molecule has 1 amide bonds. The average molecular weight is 452 g/mol. The summed E-state index contributed by atoms with van der Waals surface area (Å²) in [6.07, 6.45) is -2.39. The number of likely N-dealkylation sites (tertiary alicyclic amines) is 1. The van der Waals surface area contributed by atoms with E-state index in [-0.39, 0.29) is 40.7 Å². The number of aromatic nitrogens is 4. The summed E-state index contributed by atoms with van der Waals surface area (Å²) in [5, 5.41) is 17.0. The number of fused-ring (bicyclic) bond motifs is 1. The Morgan fingerprint density at radius 1 is 1.28 bits per heavy atom. The zero-order chi connectivity index (χ0) is 23.0. The summed E-state index contributed by atoms with van der Waals surface area (Å²) in [6.45, 7) is 1.06. The van der Waals surface area contributed by atoms with E-state index in [9.17, 15) is 27.5 Å². The van der Waals surface area contributed by atoms with Crippen LogP contribution in [0, 0.1) is 11.7 Å². The zero-order valence-electron chi connectivity index (χ0n) is 17.0. The quantitative estimate of drug-likeness (QED) is 0.591. The van der Waals surface area contributed by atoms with Crippen LogP contribution in [0.1, 0.15) is 23.8 Å². The van der Waals surface area contributed by atoms with Gasteiger partial charge in [0, 0.05) is 19.3 Å². The van der Waals surface area contributed by atoms with Crippen LogP contribution in [0.25, 0.3) is 10.9 Å². The van der Waals surface area contributed by atoms with Crippen LogP contribution < -0.4 is 5.32 Å². The van der Waals surface area contributed by atoms with E-state index >= 15 is 0 Å². The molecule has 4 heterocycles. The minimum atomic E-state index is -4.55. The molecule has 1 aliphatic rings. The zero-order valence-corrected chi connectivity index (χ0v) is 17.0. The molecular weight excluding hydrogens is 432 g/mol. The first-order valence-corrected chi connectivity index (χ1v) is 9.90. The molecule has 0 aliphatic carbocycles. The smallest absolute Gasteiger partial charge is 0.391 e. The minimum absolute atomic E-state index is 0.0390. The van der Waals surface area contributed by atoms with Crippen molar-refractivity contribution in [3.63, 3.8) is 0 Å². The van der Waals surface area contributed by atoms with Gasteiger partial charge in [-0.15, -0.1) is 0 Å². The molecule has 2 N–H and O–H groups in total. The molecule has 8 nitrogen and oxygen atoms in total. The lowest BCUT2D eigenvalue weighted by atomic mass is 9.96. The lowest BCUT2D eigenvalue weighted by Crippen LogP contribution is -2.46. The van der Waals surface area contributed by atoms with Crippen molar-refractivity contribution in [1.82, 2.24) is 24.6 Å². The average Bonchev–Trinajstić information content (AvgIpc) is 3.06. The molecular formula is C20H20F4N6O2. The summed E-state index contributed by atoms with van der Waals surface area (Å²) in [4.78, 5) is 22.2. The molecule has 0 saturated carbocycles. The van der Waals surface area contributed by atoms with Crippen LogP contribution in [0.4, 0.5) is 29.2 Å². The highest BCUT2D eigenvalue weighted by molar-refractivity contribution is 5.98. The molecule has 3 aromatic heterocycles. The third-order valence-corrected chi connectivity index (χ3v) is 5.36. The maximum absolute atomic E-state index is 13.1. The second-order valence-corrected chi connectivity index (χ2v) is 7.78. The van der Waals surface area contributed by atoms with Gasteiger partial charge in [-0.3, -0.25) is 14.5 Å². The van der Waals surface area contributed by atoms with Crippen molar-refractivity contribution in [3.05, 3.63) is 42.1 Å². The molecule has 2 atom stereocenters. The molecule has 1 saturated heterocycles. The molecule has 12 heteroatoms. The van der Waals surface area contributed by atoms with Crippen LogP contribution in [0.15, 0.2) is 30.6 Å². The van der Waals surface area contributed by atoms with Gasteiger partial charge >= 0.3 is 6.18 Å². The lowest BCUT2D eigenvalue weighted by molar-refractivity contribution is -0.141. The van der Waals surface area contributed by atoms with Gasteiger partial charge in [-0.05, 0) is 30.5 Å². The number of piperidine rings is 1. The van der Waals surface area contributed by atoms with Gasteiger partial charge in [-0.2, -0.15) is 18.3 Å². The first kappa shape index (κ1) is 21.9. The fourth-order valence-electron chi connectivity index (χ4n) is 3.54. The maximum atomic E-state index is 13.1.